The summed E-state index contributed by atoms with van der Waals surface area (Å²) in [6, 6.07) is 8.22. The molecule has 0 bridgehead atoms. The fraction of sp³-hybridized carbons (Fsp3) is 0.500. The molecule has 6 nitrogen and oxygen atoms in total. The molecule has 1 saturated heterocycles. The SMILES string of the molecule is CC.CCCS(=O)(=O)N1CCCC(CNC(=O)c2ccc(Cl)cc2Cl)(c2ncccc2Cl)CC1. The van der Waals surface area contributed by atoms with Crippen LogP contribution in [0.5, 0.6) is 0 Å². The van der Waals surface area contributed by atoms with Gasteiger partial charge in [0.15, 0.2) is 0 Å². The van der Waals surface area contributed by atoms with Crippen molar-refractivity contribution in [1.82, 2.24) is 14.6 Å². The van der Waals surface area contributed by atoms with E-state index >= 15 is 0 Å². The molecule has 0 spiro atoms. The van der Waals surface area contributed by atoms with Crippen LogP contribution in [0.1, 0.15) is 62.5 Å². The Hall–Kier alpha value is -1.38. The first-order valence-electron chi connectivity index (χ1n) is 11.5. The number of benzene rings is 1. The van der Waals surface area contributed by atoms with Crippen molar-refractivity contribution in [3.63, 3.8) is 0 Å². The zero-order valence-electron chi connectivity index (χ0n) is 19.8. The van der Waals surface area contributed by atoms with Crippen LogP contribution in [0.2, 0.25) is 15.1 Å². The Morgan fingerprint density at radius 3 is 2.50 bits per heavy atom. The molecule has 1 fully saturated rings. The normalized spacial score (nSPS) is 19.0. The van der Waals surface area contributed by atoms with Crippen LogP contribution in [0.3, 0.4) is 0 Å². The van der Waals surface area contributed by atoms with E-state index in [4.69, 9.17) is 34.8 Å². The van der Waals surface area contributed by atoms with Crippen LogP contribution in [0.15, 0.2) is 36.5 Å². The molecule has 1 aromatic heterocycles. The fourth-order valence-electron chi connectivity index (χ4n) is 4.13. The van der Waals surface area contributed by atoms with Gasteiger partial charge in [-0.25, -0.2) is 12.7 Å². The first kappa shape index (κ1) is 28.9. The highest BCUT2D eigenvalue weighted by Gasteiger charge is 2.39. The zero-order chi connectivity index (χ0) is 25.4. The van der Waals surface area contributed by atoms with E-state index in [0.29, 0.717) is 60.1 Å². The number of sulfonamides is 1. The third-order valence-corrected chi connectivity index (χ3v) is 8.71. The van der Waals surface area contributed by atoms with Crippen molar-refractivity contribution in [3.05, 3.63) is 62.9 Å². The second-order valence-electron chi connectivity index (χ2n) is 7.99. The number of aromatic nitrogens is 1. The van der Waals surface area contributed by atoms with Crippen LogP contribution in [0.4, 0.5) is 0 Å². The first-order valence-corrected chi connectivity index (χ1v) is 14.2. The van der Waals surface area contributed by atoms with Gasteiger partial charge in [0.1, 0.15) is 0 Å². The van der Waals surface area contributed by atoms with Crippen molar-refractivity contribution in [1.29, 1.82) is 0 Å². The number of nitrogens with one attached hydrogen (secondary N) is 1. The van der Waals surface area contributed by atoms with Crippen molar-refractivity contribution in [2.24, 2.45) is 0 Å². The maximum atomic E-state index is 12.9. The average Bonchev–Trinajstić information content (AvgIpc) is 3.03. The van der Waals surface area contributed by atoms with Gasteiger partial charge in [0.05, 0.1) is 27.1 Å². The average molecular weight is 549 g/mol. The minimum absolute atomic E-state index is 0.121. The number of pyridine rings is 1. The van der Waals surface area contributed by atoms with Crippen molar-refractivity contribution >= 4 is 50.7 Å². The quantitative estimate of drug-likeness (QED) is 0.463. The topological polar surface area (TPSA) is 79.4 Å². The van der Waals surface area contributed by atoms with E-state index in [1.54, 1.807) is 34.8 Å². The number of nitrogens with zero attached hydrogens (tertiary/aromatic N) is 2. The molecular formula is C24H32Cl3N3O3S. The second-order valence-corrected chi connectivity index (χ2v) is 11.3. The summed E-state index contributed by atoms with van der Waals surface area (Å²) in [5.41, 5.74) is 0.377. The predicted molar refractivity (Wildman–Crippen MR) is 141 cm³/mol. The number of amides is 1. The van der Waals surface area contributed by atoms with Crippen LogP contribution in [-0.2, 0) is 15.4 Å². The summed E-state index contributed by atoms with van der Waals surface area (Å²) in [5, 5.41) is 4.17. The number of carbonyl (C=O) groups is 1. The Balaban J connectivity index is 0.00000199. The standard InChI is InChI=1S/C22H26Cl3N3O3S.C2H6/c1-2-13-32(30,31)28-11-4-8-22(9-12-28,20-18(24)5-3-10-26-20)15-27-21(29)17-7-6-16(23)14-19(17)25;1-2/h3,5-7,10,14H,2,4,8-9,11-13,15H2,1H3,(H,27,29);1-2H3. The summed E-state index contributed by atoms with van der Waals surface area (Å²) in [6.07, 6.45) is 3.98. The molecule has 0 radical (unpaired) electrons. The molecule has 1 unspecified atom stereocenters. The van der Waals surface area contributed by atoms with Crippen LogP contribution in [0.25, 0.3) is 0 Å². The second kappa shape index (κ2) is 13.1. The van der Waals surface area contributed by atoms with Gasteiger partial charge >= 0.3 is 0 Å². The number of hydrogen-bond acceptors (Lipinski definition) is 4. The summed E-state index contributed by atoms with van der Waals surface area (Å²) in [7, 11) is -3.32. The van der Waals surface area contributed by atoms with Gasteiger partial charge in [0.25, 0.3) is 5.91 Å². The van der Waals surface area contributed by atoms with E-state index < -0.39 is 15.4 Å². The highest BCUT2D eigenvalue weighted by atomic mass is 35.5. The Labute approximate surface area is 218 Å². The molecular weight excluding hydrogens is 517 g/mol. The fourth-order valence-corrected chi connectivity index (χ4v) is 6.49. The van der Waals surface area contributed by atoms with E-state index in [9.17, 15) is 13.2 Å². The van der Waals surface area contributed by atoms with Gasteiger partial charge in [-0.1, -0.05) is 55.6 Å². The van der Waals surface area contributed by atoms with Gasteiger partial charge < -0.3 is 5.32 Å². The van der Waals surface area contributed by atoms with E-state index in [2.05, 4.69) is 10.3 Å². The molecule has 3 rings (SSSR count). The maximum Gasteiger partial charge on any atom is 0.252 e. The van der Waals surface area contributed by atoms with Gasteiger partial charge in [-0.2, -0.15) is 0 Å². The third-order valence-electron chi connectivity index (χ3n) is 5.78. The molecule has 0 aliphatic carbocycles. The molecule has 1 aliphatic heterocycles. The van der Waals surface area contributed by atoms with E-state index in [1.165, 1.54) is 6.07 Å². The van der Waals surface area contributed by atoms with Crippen LogP contribution < -0.4 is 5.32 Å². The lowest BCUT2D eigenvalue weighted by molar-refractivity contribution is 0.0940. The van der Waals surface area contributed by atoms with Crippen molar-refractivity contribution in [2.45, 2.75) is 51.9 Å². The van der Waals surface area contributed by atoms with Crippen LogP contribution >= 0.6 is 34.8 Å². The summed E-state index contributed by atoms with van der Waals surface area (Å²) < 4.78 is 26.9. The Kier molecular flexibility index (Phi) is 11.1. The monoisotopic (exact) mass is 547 g/mol. The van der Waals surface area contributed by atoms with Gasteiger partial charge in [-0.15, -0.1) is 0 Å². The summed E-state index contributed by atoms with van der Waals surface area (Å²) >= 11 is 18.6. The molecule has 1 N–H and O–H groups in total. The molecule has 1 aliphatic rings. The number of hydrogen-bond donors (Lipinski definition) is 1. The van der Waals surface area contributed by atoms with Crippen LogP contribution in [0, 0.1) is 0 Å². The molecule has 34 heavy (non-hydrogen) atoms. The van der Waals surface area contributed by atoms with E-state index in [1.807, 2.05) is 20.8 Å². The molecule has 0 saturated carbocycles. The molecule has 2 aromatic rings. The smallest absolute Gasteiger partial charge is 0.252 e. The van der Waals surface area contributed by atoms with Crippen molar-refractivity contribution < 1.29 is 13.2 Å². The highest BCUT2D eigenvalue weighted by Crippen LogP contribution is 2.38. The maximum absolute atomic E-state index is 12.9. The Bertz CT molecular complexity index is 1080. The minimum atomic E-state index is -3.32. The molecule has 2 heterocycles. The third kappa shape index (κ3) is 7.08. The molecule has 188 valence electrons. The zero-order valence-corrected chi connectivity index (χ0v) is 22.9. The largest absolute Gasteiger partial charge is 0.351 e. The highest BCUT2D eigenvalue weighted by molar-refractivity contribution is 7.89. The van der Waals surface area contributed by atoms with Gasteiger partial charge in [-0.3, -0.25) is 9.78 Å². The first-order chi connectivity index (χ1) is 16.2. The van der Waals surface area contributed by atoms with E-state index in [-0.39, 0.29) is 23.2 Å². The van der Waals surface area contributed by atoms with Crippen molar-refractivity contribution in [2.75, 3.05) is 25.4 Å². The van der Waals surface area contributed by atoms with Gasteiger partial charge in [0, 0.05) is 36.3 Å². The van der Waals surface area contributed by atoms with Gasteiger partial charge in [0.2, 0.25) is 10.0 Å². The Morgan fingerprint density at radius 2 is 1.85 bits per heavy atom. The Morgan fingerprint density at radius 1 is 1.12 bits per heavy atom. The van der Waals surface area contributed by atoms with Crippen molar-refractivity contribution in [3.8, 4) is 0 Å². The van der Waals surface area contributed by atoms with Gasteiger partial charge in [-0.05, 0) is 56.0 Å². The molecule has 1 amide bonds. The summed E-state index contributed by atoms with van der Waals surface area (Å²) in [4.78, 5) is 17.4. The summed E-state index contributed by atoms with van der Waals surface area (Å²) in [5.74, 6) is -0.214. The minimum Gasteiger partial charge on any atom is -0.351 e. The molecule has 1 atom stereocenters. The number of carbonyl (C=O) groups excluding carboxylic acids is 1. The lowest BCUT2D eigenvalue weighted by Gasteiger charge is -2.33. The lowest BCUT2D eigenvalue weighted by atomic mass is 9.77. The van der Waals surface area contributed by atoms with E-state index in [0.717, 1.165) is 0 Å². The predicted octanol–water partition coefficient (Wildman–Crippen LogP) is 5.96. The summed E-state index contributed by atoms with van der Waals surface area (Å²) in [6.45, 7) is 6.88. The lowest BCUT2D eigenvalue weighted by Crippen LogP contribution is -2.43. The number of rotatable bonds is 7. The van der Waals surface area contributed by atoms with Crippen LogP contribution in [-0.4, -0.2) is 49.0 Å². The molecule has 10 heteroatoms. The number of halogens is 3. The molecule has 1 aromatic carbocycles.